The van der Waals surface area contributed by atoms with Crippen molar-refractivity contribution in [1.82, 2.24) is 9.58 Å². The summed E-state index contributed by atoms with van der Waals surface area (Å²) in [4.78, 5) is 17.0. The lowest BCUT2D eigenvalue weighted by Gasteiger charge is -2.20. The SMILES string of the molecule is Cc1cc(Cl)ccc1-n1c(C)cc(C=C2C(=N)N3N=C(c4ccccc4F)SC3=NC2=O)c1C. The van der Waals surface area contributed by atoms with Crippen LogP contribution in [0.5, 0.6) is 0 Å². The Balaban J connectivity index is 1.53. The number of halogens is 2. The first-order valence-corrected chi connectivity index (χ1v) is 11.6. The maximum Gasteiger partial charge on any atom is 0.283 e. The van der Waals surface area contributed by atoms with Crippen molar-refractivity contribution in [1.29, 1.82) is 5.41 Å². The number of amidine groups is 2. The summed E-state index contributed by atoms with van der Waals surface area (Å²) in [6.07, 6.45) is 1.66. The second-order valence-corrected chi connectivity index (χ2v) is 9.39. The number of aryl methyl sites for hydroxylation is 2. The first-order chi connectivity index (χ1) is 16.2. The lowest BCUT2D eigenvalue weighted by atomic mass is 10.1. The van der Waals surface area contributed by atoms with Gasteiger partial charge in [-0.1, -0.05) is 23.7 Å². The average molecular weight is 492 g/mol. The van der Waals surface area contributed by atoms with Crippen LogP contribution in [0.3, 0.4) is 0 Å². The van der Waals surface area contributed by atoms with E-state index in [0.29, 0.717) is 15.6 Å². The molecular weight excluding hydrogens is 473 g/mol. The topological polar surface area (TPSA) is 73.8 Å². The van der Waals surface area contributed by atoms with Crippen LogP contribution in [-0.2, 0) is 4.79 Å². The minimum absolute atomic E-state index is 0.0960. The Hall–Kier alpha value is -3.49. The number of carbonyl (C=O) groups is 1. The summed E-state index contributed by atoms with van der Waals surface area (Å²) in [6.45, 7) is 5.93. The Kier molecular flexibility index (Phi) is 5.50. The molecule has 0 spiro atoms. The highest BCUT2D eigenvalue weighted by atomic mass is 35.5. The zero-order chi connectivity index (χ0) is 24.1. The van der Waals surface area contributed by atoms with Gasteiger partial charge in [0.1, 0.15) is 10.9 Å². The van der Waals surface area contributed by atoms with E-state index >= 15 is 0 Å². The van der Waals surface area contributed by atoms with E-state index in [0.717, 1.165) is 40.0 Å². The number of thioether (sulfide) groups is 1. The fourth-order valence-corrected chi connectivity index (χ4v) is 5.21. The molecule has 2 aliphatic rings. The van der Waals surface area contributed by atoms with Gasteiger partial charge in [0.25, 0.3) is 5.91 Å². The van der Waals surface area contributed by atoms with Crippen LogP contribution in [0.15, 0.2) is 64.2 Å². The van der Waals surface area contributed by atoms with E-state index in [2.05, 4.69) is 14.7 Å². The standard InChI is InChI=1S/C25H19ClFN5OS/c1-13-10-17(26)8-9-21(13)31-14(2)11-16(15(31)3)12-19-22(28)32-25(29-23(19)33)34-24(30-32)18-6-4-5-7-20(18)27/h4-12,28H,1-3H3. The van der Waals surface area contributed by atoms with E-state index in [-0.39, 0.29) is 16.6 Å². The van der Waals surface area contributed by atoms with Crippen LogP contribution in [0.1, 0.15) is 28.1 Å². The molecule has 9 heteroatoms. The van der Waals surface area contributed by atoms with Crippen LogP contribution in [0.2, 0.25) is 5.02 Å². The molecule has 3 heterocycles. The molecule has 0 bridgehead atoms. The molecule has 1 N–H and O–H groups in total. The molecule has 2 aliphatic heterocycles. The zero-order valence-corrected chi connectivity index (χ0v) is 20.1. The number of nitrogens with zero attached hydrogens (tertiary/aromatic N) is 4. The second kappa shape index (κ2) is 8.38. The van der Waals surface area contributed by atoms with Crippen molar-refractivity contribution in [2.24, 2.45) is 10.1 Å². The molecule has 0 aliphatic carbocycles. The van der Waals surface area contributed by atoms with E-state index in [1.165, 1.54) is 11.1 Å². The number of hydrogen-bond donors (Lipinski definition) is 1. The normalized spacial score (nSPS) is 16.7. The minimum Gasteiger partial charge on any atom is -0.318 e. The van der Waals surface area contributed by atoms with E-state index in [1.807, 2.05) is 45.0 Å². The third kappa shape index (κ3) is 3.69. The fraction of sp³-hybridized carbons (Fsp3) is 0.120. The molecule has 0 saturated carbocycles. The molecule has 2 aromatic carbocycles. The van der Waals surface area contributed by atoms with Gasteiger partial charge in [0, 0.05) is 27.7 Å². The van der Waals surface area contributed by atoms with Gasteiger partial charge >= 0.3 is 0 Å². The Labute approximate surface area is 205 Å². The lowest BCUT2D eigenvalue weighted by molar-refractivity contribution is -0.114. The summed E-state index contributed by atoms with van der Waals surface area (Å²) in [5, 5.41) is 15.5. The van der Waals surface area contributed by atoms with Crippen molar-refractivity contribution in [3.05, 3.63) is 93.0 Å². The highest BCUT2D eigenvalue weighted by molar-refractivity contribution is 8.27. The molecule has 0 unspecified atom stereocenters. The monoisotopic (exact) mass is 491 g/mol. The second-order valence-electron chi connectivity index (χ2n) is 8.00. The molecule has 34 heavy (non-hydrogen) atoms. The predicted octanol–water partition coefficient (Wildman–Crippen LogP) is 5.86. The number of rotatable bonds is 3. The Morgan fingerprint density at radius 1 is 1.12 bits per heavy atom. The molecular formula is C25H19ClFN5OS. The highest BCUT2D eigenvalue weighted by Gasteiger charge is 2.36. The molecule has 1 aromatic heterocycles. The predicted molar refractivity (Wildman–Crippen MR) is 136 cm³/mol. The molecule has 1 amide bonds. The summed E-state index contributed by atoms with van der Waals surface area (Å²) < 4.78 is 16.3. The van der Waals surface area contributed by atoms with Crippen LogP contribution in [0.25, 0.3) is 11.8 Å². The number of fused-ring (bicyclic) bond motifs is 1. The van der Waals surface area contributed by atoms with Crippen LogP contribution < -0.4 is 0 Å². The maximum absolute atomic E-state index is 14.2. The lowest BCUT2D eigenvalue weighted by Crippen LogP contribution is -2.35. The van der Waals surface area contributed by atoms with Crippen molar-refractivity contribution in [3.8, 4) is 5.69 Å². The maximum atomic E-state index is 14.2. The molecule has 170 valence electrons. The number of hydrazone groups is 1. The van der Waals surface area contributed by atoms with Gasteiger partial charge < -0.3 is 4.57 Å². The Bertz CT molecular complexity index is 1490. The van der Waals surface area contributed by atoms with Crippen molar-refractivity contribution in [3.63, 3.8) is 0 Å². The van der Waals surface area contributed by atoms with Gasteiger partial charge in [-0.3, -0.25) is 10.2 Å². The van der Waals surface area contributed by atoms with Gasteiger partial charge in [0.05, 0.1) is 5.57 Å². The summed E-state index contributed by atoms with van der Waals surface area (Å²) in [5.74, 6) is -1.05. The van der Waals surface area contributed by atoms with Crippen LogP contribution in [-0.4, -0.2) is 31.5 Å². The van der Waals surface area contributed by atoms with Gasteiger partial charge in [-0.05, 0) is 86.1 Å². The van der Waals surface area contributed by atoms with Gasteiger partial charge in [0.15, 0.2) is 5.84 Å². The van der Waals surface area contributed by atoms with Gasteiger partial charge in [-0.15, -0.1) is 0 Å². The van der Waals surface area contributed by atoms with Crippen LogP contribution >= 0.6 is 23.4 Å². The molecule has 5 rings (SSSR count). The van der Waals surface area contributed by atoms with E-state index in [1.54, 1.807) is 24.3 Å². The van der Waals surface area contributed by atoms with Gasteiger partial charge in [0.2, 0.25) is 5.17 Å². The smallest absolute Gasteiger partial charge is 0.283 e. The molecule has 0 saturated heterocycles. The first-order valence-electron chi connectivity index (χ1n) is 10.4. The number of hydrogen-bond acceptors (Lipinski definition) is 4. The largest absolute Gasteiger partial charge is 0.318 e. The molecule has 6 nitrogen and oxygen atoms in total. The molecule has 0 atom stereocenters. The molecule has 0 radical (unpaired) electrons. The zero-order valence-electron chi connectivity index (χ0n) is 18.6. The van der Waals surface area contributed by atoms with Crippen LogP contribution in [0.4, 0.5) is 4.39 Å². The van der Waals surface area contributed by atoms with Crippen molar-refractivity contribution in [2.45, 2.75) is 20.8 Å². The number of aromatic nitrogens is 1. The van der Waals surface area contributed by atoms with Crippen molar-refractivity contribution in [2.75, 3.05) is 0 Å². The average Bonchev–Trinajstić information content (AvgIpc) is 3.32. The first kappa shape index (κ1) is 22.3. The third-order valence-corrected chi connectivity index (χ3v) is 6.91. The Morgan fingerprint density at radius 3 is 2.62 bits per heavy atom. The van der Waals surface area contributed by atoms with Crippen molar-refractivity contribution >= 4 is 51.4 Å². The number of benzene rings is 2. The summed E-state index contributed by atoms with van der Waals surface area (Å²) in [6, 6.07) is 13.9. The van der Waals surface area contributed by atoms with E-state index in [9.17, 15) is 9.18 Å². The minimum atomic E-state index is -0.527. The molecule has 3 aromatic rings. The van der Waals surface area contributed by atoms with Crippen molar-refractivity contribution < 1.29 is 9.18 Å². The Morgan fingerprint density at radius 2 is 1.88 bits per heavy atom. The number of aliphatic imine (C=N–C) groups is 1. The number of carbonyl (C=O) groups excluding carboxylic acids is 1. The van der Waals surface area contributed by atoms with Gasteiger partial charge in [-0.25, -0.2) is 4.39 Å². The van der Waals surface area contributed by atoms with E-state index in [4.69, 9.17) is 17.0 Å². The highest BCUT2D eigenvalue weighted by Crippen LogP contribution is 2.33. The van der Waals surface area contributed by atoms with Gasteiger partial charge in [-0.2, -0.15) is 15.1 Å². The quantitative estimate of drug-likeness (QED) is 0.466. The summed E-state index contributed by atoms with van der Waals surface area (Å²) in [5.41, 5.74) is 5.12. The fourth-order valence-electron chi connectivity index (χ4n) is 4.07. The number of nitrogens with one attached hydrogen (secondary N) is 1. The molecule has 0 fully saturated rings. The summed E-state index contributed by atoms with van der Waals surface area (Å²) >= 11 is 7.19. The number of amides is 1. The van der Waals surface area contributed by atoms with Crippen LogP contribution in [0, 0.1) is 32.0 Å². The van der Waals surface area contributed by atoms with E-state index < -0.39 is 11.7 Å². The summed E-state index contributed by atoms with van der Waals surface area (Å²) in [7, 11) is 0. The third-order valence-electron chi connectivity index (χ3n) is 5.73.